The van der Waals surface area contributed by atoms with Gasteiger partial charge in [0, 0.05) is 13.1 Å². The molecule has 1 aliphatic heterocycles. The van der Waals surface area contributed by atoms with E-state index in [-0.39, 0.29) is 30.1 Å². The van der Waals surface area contributed by atoms with Gasteiger partial charge in [0.1, 0.15) is 17.8 Å². The summed E-state index contributed by atoms with van der Waals surface area (Å²) in [5.41, 5.74) is 0.875. The van der Waals surface area contributed by atoms with Crippen LogP contribution in [0.3, 0.4) is 0 Å². The molecule has 2 aromatic carbocycles. The van der Waals surface area contributed by atoms with E-state index in [4.69, 9.17) is 9.47 Å². The highest BCUT2D eigenvalue weighted by Crippen LogP contribution is 2.27. The van der Waals surface area contributed by atoms with E-state index in [2.05, 4.69) is 10.6 Å². The molecule has 2 fully saturated rings. The molecule has 228 valence electrons. The number of ketones is 1. The maximum absolute atomic E-state index is 13.7. The van der Waals surface area contributed by atoms with E-state index in [1.54, 1.807) is 23.1 Å². The Balaban J connectivity index is 1.48. The largest absolute Gasteiger partial charge is 0.378 e. The summed E-state index contributed by atoms with van der Waals surface area (Å²) in [4.78, 5) is 41.8. The molecule has 4 rings (SSSR count). The minimum Gasteiger partial charge on any atom is -0.378 e. The van der Waals surface area contributed by atoms with Crippen molar-refractivity contribution in [3.8, 4) is 0 Å². The lowest BCUT2D eigenvalue weighted by Crippen LogP contribution is -2.57. The molecule has 11 heteroatoms. The molecule has 0 spiro atoms. The normalized spacial score (nSPS) is 17.7. The predicted octanol–water partition coefficient (Wildman–Crippen LogP) is 3.11. The van der Waals surface area contributed by atoms with Crippen molar-refractivity contribution in [2.75, 3.05) is 38.7 Å². The molecule has 42 heavy (non-hydrogen) atoms. The first-order valence-electron chi connectivity index (χ1n) is 14.7. The van der Waals surface area contributed by atoms with Gasteiger partial charge in [-0.1, -0.05) is 80.6 Å². The zero-order chi connectivity index (χ0) is 29.8. The molecule has 2 N–H and O–H groups in total. The van der Waals surface area contributed by atoms with Crippen LogP contribution in [-0.2, 0) is 35.5 Å². The zero-order valence-electron chi connectivity index (χ0n) is 23.9. The average molecular weight is 600 g/mol. The summed E-state index contributed by atoms with van der Waals surface area (Å²) in [6, 6.07) is 14.6. The molecular formula is C31H41N3O7S. The van der Waals surface area contributed by atoms with Gasteiger partial charge in [-0.05, 0) is 30.0 Å². The second kappa shape index (κ2) is 15.8. The third kappa shape index (κ3) is 9.64. The number of carbonyl (C=O) groups excluding carboxylic acids is 3. The molecule has 3 amide bonds. The molecule has 1 heterocycles. The van der Waals surface area contributed by atoms with E-state index in [9.17, 15) is 22.8 Å². The number of morpholine rings is 1. The molecule has 2 aromatic rings. The minimum atomic E-state index is -3.94. The number of benzene rings is 2. The van der Waals surface area contributed by atoms with Gasteiger partial charge in [0.05, 0.1) is 31.3 Å². The van der Waals surface area contributed by atoms with Crippen molar-refractivity contribution < 1.29 is 32.3 Å². The lowest BCUT2D eigenvalue weighted by atomic mass is 9.84. The number of urea groups is 1. The standard InChI is InChI=1S/C31H41N3O7S/c35-29(23-42(38,39)26-14-8-3-9-15-26)28(22-41-21-25-12-6-2-7-13-25)32-30(36)27(20-24-10-4-1-5-11-24)33-31(37)34-16-18-40-19-17-34/h2-3,6-9,12-15,24,27-28H,1,4-5,10-11,16-23H2,(H,32,36)(H,33,37)/t27-,28-/m0/s1. The van der Waals surface area contributed by atoms with Crippen molar-refractivity contribution in [1.29, 1.82) is 0 Å². The van der Waals surface area contributed by atoms with Gasteiger partial charge in [0.2, 0.25) is 5.91 Å². The van der Waals surface area contributed by atoms with Gasteiger partial charge in [-0.15, -0.1) is 0 Å². The number of rotatable bonds is 13. The lowest BCUT2D eigenvalue weighted by molar-refractivity contribution is -0.129. The topological polar surface area (TPSA) is 131 Å². The second-order valence-electron chi connectivity index (χ2n) is 10.9. The maximum Gasteiger partial charge on any atom is 0.318 e. The minimum absolute atomic E-state index is 0.0292. The summed E-state index contributed by atoms with van der Waals surface area (Å²) in [7, 11) is -3.94. The fourth-order valence-electron chi connectivity index (χ4n) is 5.35. The van der Waals surface area contributed by atoms with Gasteiger partial charge in [-0.3, -0.25) is 9.59 Å². The van der Waals surface area contributed by atoms with Crippen LogP contribution >= 0.6 is 0 Å². The summed E-state index contributed by atoms with van der Waals surface area (Å²) in [6.45, 7) is 1.68. The summed E-state index contributed by atoms with van der Waals surface area (Å²) in [5.74, 6) is -1.73. The third-order valence-electron chi connectivity index (χ3n) is 7.74. The van der Waals surface area contributed by atoms with Crippen LogP contribution in [0.1, 0.15) is 44.1 Å². The summed E-state index contributed by atoms with van der Waals surface area (Å²) in [5, 5.41) is 5.62. The molecule has 2 aliphatic rings. The Hall–Kier alpha value is -3.28. The molecule has 1 aliphatic carbocycles. The van der Waals surface area contributed by atoms with E-state index in [0.29, 0.717) is 32.7 Å². The molecule has 0 unspecified atom stereocenters. The highest BCUT2D eigenvalue weighted by molar-refractivity contribution is 7.92. The highest BCUT2D eigenvalue weighted by Gasteiger charge is 2.32. The van der Waals surface area contributed by atoms with Gasteiger partial charge in [-0.2, -0.15) is 0 Å². The molecule has 10 nitrogen and oxygen atoms in total. The number of sulfone groups is 1. The number of carbonyl (C=O) groups is 3. The van der Waals surface area contributed by atoms with Gasteiger partial charge in [0.15, 0.2) is 15.6 Å². The highest BCUT2D eigenvalue weighted by atomic mass is 32.2. The zero-order valence-corrected chi connectivity index (χ0v) is 24.7. The smallest absolute Gasteiger partial charge is 0.318 e. The van der Waals surface area contributed by atoms with Gasteiger partial charge in [0.25, 0.3) is 0 Å². The predicted molar refractivity (Wildman–Crippen MR) is 157 cm³/mol. The summed E-state index contributed by atoms with van der Waals surface area (Å²) < 4.78 is 37.1. The van der Waals surface area contributed by atoms with Crippen molar-refractivity contribution in [3.05, 3.63) is 66.2 Å². The fraction of sp³-hybridized carbons (Fsp3) is 0.516. The van der Waals surface area contributed by atoms with Crippen LogP contribution in [0.4, 0.5) is 4.79 Å². The van der Waals surface area contributed by atoms with Crippen molar-refractivity contribution >= 4 is 27.6 Å². The van der Waals surface area contributed by atoms with Crippen molar-refractivity contribution in [2.24, 2.45) is 5.92 Å². The van der Waals surface area contributed by atoms with Crippen molar-refractivity contribution in [1.82, 2.24) is 15.5 Å². The van der Waals surface area contributed by atoms with Crippen molar-refractivity contribution in [3.63, 3.8) is 0 Å². The Bertz CT molecular complexity index is 1260. The average Bonchev–Trinajstić information content (AvgIpc) is 3.02. The molecular weight excluding hydrogens is 558 g/mol. The maximum atomic E-state index is 13.7. The van der Waals surface area contributed by atoms with Gasteiger partial charge in [-0.25, -0.2) is 13.2 Å². The number of hydrogen-bond acceptors (Lipinski definition) is 7. The Morgan fingerprint density at radius 2 is 1.52 bits per heavy atom. The quantitative estimate of drug-likeness (QED) is 0.362. The SMILES string of the molecule is O=C(CS(=O)(=O)c1ccccc1)[C@H](COCc1ccccc1)NC(=O)[C@H](CC1CCCCC1)NC(=O)N1CCOCC1. The van der Waals surface area contributed by atoms with Crippen LogP contribution in [0, 0.1) is 5.92 Å². The molecule has 0 bridgehead atoms. The first-order chi connectivity index (χ1) is 20.3. The number of ether oxygens (including phenoxy) is 2. The van der Waals surface area contributed by atoms with E-state index < -0.39 is 39.4 Å². The van der Waals surface area contributed by atoms with Crippen molar-refractivity contribution in [2.45, 2.75) is 62.1 Å². The first kappa shape index (κ1) is 31.7. The number of nitrogens with zero attached hydrogens (tertiary/aromatic N) is 1. The third-order valence-corrected chi connectivity index (χ3v) is 9.40. The van der Waals surface area contributed by atoms with E-state index >= 15 is 0 Å². The van der Waals surface area contributed by atoms with Crippen LogP contribution in [0.15, 0.2) is 65.6 Å². The lowest BCUT2D eigenvalue weighted by Gasteiger charge is -2.31. The monoisotopic (exact) mass is 599 g/mol. The van der Waals surface area contributed by atoms with E-state index in [0.717, 1.165) is 37.7 Å². The Morgan fingerprint density at radius 3 is 2.19 bits per heavy atom. The van der Waals surface area contributed by atoms with Crippen LogP contribution < -0.4 is 10.6 Å². The molecule has 1 saturated heterocycles. The first-order valence-corrected chi connectivity index (χ1v) is 16.3. The number of hydrogen-bond donors (Lipinski definition) is 2. The number of nitrogens with one attached hydrogen (secondary N) is 2. The Morgan fingerprint density at radius 1 is 0.881 bits per heavy atom. The molecule has 1 saturated carbocycles. The summed E-state index contributed by atoms with van der Waals surface area (Å²) in [6.07, 6.45) is 5.67. The Kier molecular flexibility index (Phi) is 11.9. The van der Waals surface area contributed by atoms with Crippen LogP contribution in [-0.4, -0.2) is 81.8 Å². The number of amides is 3. The molecule has 2 atom stereocenters. The van der Waals surface area contributed by atoms with Crippen LogP contribution in [0.5, 0.6) is 0 Å². The molecule has 0 aromatic heterocycles. The number of Topliss-reactive ketones (excluding diaryl/α,β-unsaturated/α-hetero) is 1. The van der Waals surface area contributed by atoms with Gasteiger partial charge >= 0.3 is 6.03 Å². The van der Waals surface area contributed by atoms with E-state index in [1.807, 2.05) is 30.3 Å². The van der Waals surface area contributed by atoms with Crippen LogP contribution in [0.2, 0.25) is 0 Å². The molecule has 0 radical (unpaired) electrons. The second-order valence-corrected chi connectivity index (χ2v) is 12.9. The van der Waals surface area contributed by atoms with Crippen LogP contribution in [0.25, 0.3) is 0 Å². The van der Waals surface area contributed by atoms with E-state index in [1.165, 1.54) is 12.1 Å². The fourth-order valence-corrected chi connectivity index (χ4v) is 6.66. The Labute approximate surface area is 248 Å². The van der Waals surface area contributed by atoms with Gasteiger partial charge < -0.3 is 25.0 Å². The summed E-state index contributed by atoms with van der Waals surface area (Å²) >= 11 is 0.